The lowest BCUT2D eigenvalue weighted by Crippen LogP contribution is -2.50. The largest absolute Gasteiger partial charge is 0.304 e. The first-order valence-corrected chi connectivity index (χ1v) is 7.00. The average molecular weight is 227 g/mol. The van der Waals surface area contributed by atoms with Gasteiger partial charge < -0.3 is 4.90 Å². The molecule has 1 aliphatic heterocycles. The highest BCUT2D eigenvalue weighted by Gasteiger charge is 2.12. The normalized spacial score (nSPS) is 19.1. The molecule has 1 N–H and O–H groups in total. The second-order valence-corrected chi connectivity index (χ2v) is 4.97. The Bertz CT molecular complexity index is 153. The monoisotopic (exact) mass is 227 g/mol. The molecule has 0 aromatic heterocycles. The molecule has 0 bridgehead atoms. The third-order valence-electron chi connectivity index (χ3n) is 3.37. The molecule has 0 aromatic rings. The number of hydrazine groups is 1. The fourth-order valence-corrected chi connectivity index (χ4v) is 2.11. The fourth-order valence-electron chi connectivity index (χ4n) is 2.11. The van der Waals surface area contributed by atoms with E-state index in [0.717, 1.165) is 6.54 Å². The molecule has 0 atom stereocenters. The van der Waals surface area contributed by atoms with Crippen LogP contribution in [-0.4, -0.2) is 49.7 Å². The lowest BCUT2D eigenvalue weighted by atomic mass is 10.1. The summed E-state index contributed by atoms with van der Waals surface area (Å²) < 4.78 is 0. The molecule has 0 aliphatic carbocycles. The first kappa shape index (κ1) is 13.9. The summed E-state index contributed by atoms with van der Waals surface area (Å²) in [5.41, 5.74) is 3.54. The first-order chi connectivity index (χ1) is 7.83. The molecule has 1 aliphatic rings. The van der Waals surface area contributed by atoms with Crippen LogP contribution in [-0.2, 0) is 0 Å². The third kappa shape index (κ3) is 6.46. The highest BCUT2D eigenvalue weighted by atomic mass is 15.5. The average Bonchev–Trinajstić information content (AvgIpc) is 2.30. The maximum Gasteiger partial charge on any atom is 0.0259 e. The van der Waals surface area contributed by atoms with Crippen molar-refractivity contribution in [2.24, 2.45) is 0 Å². The highest BCUT2D eigenvalue weighted by molar-refractivity contribution is 4.65. The molecule has 0 unspecified atom stereocenters. The molecule has 0 radical (unpaired) electrons. The molecule has 3 heteroatoms. The number of likely N-dealkylation sites (N-methyl/N-ethyl adjacent to an activating group) is 1. The van der Waals surface area contributed by atoms with Crippen LogP contribution in [0.5, 0.6) is 0 Å². The molecular formula is C13H29N3. The zero-order valence-electron chi connectivity index (χ0n) is 11.2. The zero-order chi connectivity index (χ0) is 11.6. The Morgan fingerprint density at radius 3 is 2.19 bits per heavy atom. The summed E-state index contributed by atoms with van der Waals surface area (Å²) in [4.78, 5) is 2.39. The SMILES string of the molecule is CCCCCCCCNN1CCN(C)CC1. The van der Waals surface area contributed by atoms with Gasteiger partial charge in [-0.15, -0.1) is 0 Å². The van der Waals surface area contributed by atoms with Crippen molar-refractivity contribution in [2.45, 2.75) is 45.4 Å². The van der Waals surface area contributed by atoms with Gasteiger partial charge in [0.2, 0.25) is 0 Å². The zero-order valence-corrected chi connectivity index (χ0v) is 11.2. The van der Waals surface area contributed by atoms with E-state index in [0.29, 0.717) is 0 Å². The van der Waals surface area contributed by atoms with Crippen molar-refractivity contribution in [1.29, 1.82) is 0 Å². The van der Waals surface area contributed by atoms with Crippen LogP contribution >= 0.6 is 0 Å². The highest BCUT2D eigenvalue weighted by Crippen LogP contribution is 2.04. The van der Waals surface area contributed by atoms with Gasteiger partial charge in [0.15, 0.2) is 0 Å². The summed E-state index contributed by atoms with van der Waals surface area (Å²) in [5, 5.41) is 2.38. The predicted molar refractivity (Wildman–Crippen MR) is 70.4 cm³/mol. The van der Waals surface area contributed by atoms with Crippen molar-refractivity contribution >= 4 is 0 Å². The minimum Gasteiger partial charge on any atom is -0.304 e. The molecule has 0 spiro atoms. The van der Waals surface area contributed by atoms with Crippen molar-refractivity contribution in [3.05, 3.63) is 0 Å². The molecule has 0 aromatic carbocycles. The van der Waals surface area contributed by atoms with E-state index in [1.165, 1.54) is 64.7 Å². The Kier molecular flexibility index (Phi) is 7.81. The van der Waals surface area contributed by atoms with Crippen molar-refractivity contribution in [3.63, 3.8) is 0 Å². The van der Waals surface area contributed by atoms with Gasteiger partial charge in [-0.2, -0.15) is 0 Å². The van der Waals surface area contributed by atoms with E-state index in [2.05, 4.69) is 29.3 Å². The molecule has 1 rings (SSSR count). The van der Waals surface area contributed by atoms with Crippen molar-refractivity contribution < 1.29 is 0 Å². The van der Waals surface area contributed by atoms with Gasteiger partial charge in [-0.05, 0) is 13.5 Å². The number of unbranched alkanes of at least 4 members (excludes halogenated alkanes) is 5. The molecule has 1 heterocycles. The minimum atomic E-state index is 1.16. The van der Waals surface area contributed by atoms with Crippen LogP contribution < -0.4 is 5.43 Å². The number of rotatable bonds is 8. The second-order valence-electron chi connectivity index (χ2n) is 4.97. The molecule has 1 fully saturated rings. The van der Waals surface area contributed by atoms with Crippen LogP contribution in [0.25, 0.3) is 0 Å². The topological polar surface area (TPSA) is 18.5 Å². The smallest absolute Gasteiger partial charge is 0.0259 e. The van der Waals surface area contributed by atoms with Gasteiger partial charge >= 0.3 is 0 Å². The van der Waals surface area contributed by atoms with E-state index in [4.69, 9.17) is 0 Å². The molecule has 3 nitrogen and oxygen atoms in total. The van der Waals surface area contributed by atoms with Gasteiger partial charge in [-0.25, -0.2) is 5.01 Å². The summed E-state index contributed by atoms with van der Waals surface area (Å²) >= 11 is 0. The van der Waals surface area contributed by atoms with Crippen molar-refractivity contribution in [3.8, 4) is 0 Å². The Morgan fingerprint density at radius 2 is 1.50 bits per heavy atom. The van der Waals surface area contributed by atoms with Gasteiger partial charge in [0.05, 0.1) is 0 Å². The molecule has 16 heavy (non-hydrogen) atoms. The van der Waals surface area contributed by atoms with Crippen LogP contribution in [0.2, 0.25) is 0 Å². The van der Waals surface area contributed by atoms with Crippen LogP contribution in [0.3, 0.4) is 0 Å². The van der Waals surface area contributed by atoms with Gasteiger partial charge in [0.1, 0.15) is 0 Å². The summed E-state index contributed by atoms with van der Waals surface area (Å²) in [6.07, 6.45) is 8.31. The summed E-state index contributed by atoms with van der Waals surface area (Å²) in [6, 6.07) is 0. The number of nitrogens with one attached hydrogen (secondary N) is 1. The Hall–Kier alpha value is -0.120. The van der Waals surface area contributed by atoms with Crippen LogP contribution in [0.4, 0.5) is 0 Å². The van der Waals surface area contributed by atoms with E-state index in [1.807, 2.05) is 0 Å². The molecular weight excluding hydrogens is 198 g/mol. The lowest BCUT2D eigenvalue weighted by molar-refractivity contribution is 0.104. The molecule has 1 saturated heterocycles. The number of piperazine rings is 1. The van der Waals surface area contributed by atoms with Gasteiger partial charge in [-0.1, -0.05) is 39.0 Å². The summed E-state index contributed by atoms with van der Waals surface area (Å²) in [5.74, 6) is 0. The van der Waals surface area contributed by atoms with Gasteiger partial charge in [0.25, 0.3) is 0 Å². The molecule has 96 valence electrons. The van der Waals surface area contributed by atoms with Crippen molar-refractivity contribution in [1.82, 2.24) is 15.3 Å². The van der Waals surface area contributed by atoms with E-state index in [1.54, 1.807) is 0 Å². The maximum absolute atomic E-state index is 3.54. The second kappa shape index (κ2) is 8.97. The van der Waals surface area contributed by atoms with E-state index >= 15 is 0 Å². The van der Waals surface area contributed by atoms with Crippen LogP contribution in [0.15, 0.2) is 0 Å². The standard InChI is InChI=1S/C13H29N3/c1-3-4-5-6-7-8-9-14-16-12-10-15(2)11-13-16/h14H,3-13H2,1-2H3. The van der Waals surface area contributed by atoms with Crippen LogP contribution in [0, 0.1) is 0 Å². The lowest BCUT2D eigenvalue weighted by Gasteiger charge is -2.32. The van der Waals surface area contributed by atoms with E-state index in [-0.39, 0.29) is 0 Å². The summed E-state index contributed by atoms with van der Waals surface area (Å²) in [7, 11) is 2.20. The Labute approximate surface area is 101 Å². The van der Waals surface area contributed by atoms with Gasteiger partial charge in [-0.3, -0.25) is 5.43 Å². The molecule has 0 saturated carbocycles. The Morgan fingerprint density at radius 1 is 0.875 bits per heavy atom. The third-order valence-corrected chi connectivity index (χ3v) is 3.37. The molecule has 0 amide bonds. The predicted octanol–water partition coefficient (Wildman–Crippen LogP) is 2.10. The van der Waals surface area contributed by atoms with Crippen LogP contribution in [0.1, 0.15) is 45.4 Å². The maximum atomic E-state index is 3.54. The number of hydrogen-bond acceptors (Lipinski definition) is 3. The Balaban J connectivity index is 1.84. The fraction of sp³-hybridized carbons (Fsp3) is 1.00. The minimum absolute atomic E-state index is 1.16. The number of nitrogens with zero attached hydrogens (tertiary/aromatic N) is 2. The first-order valence-electron chi connectivity index (χ1n) is 7.00. The number of hydrogen-bond donors (Lipinski definition) is 1. The van der Waals surface area contributed by atoms with E-state index < -0.39 is 0 Å². The van der Waals surface area contributed by atoms with Crippen molar-refractivity contribution in [2.75, 3.05) is 39.8 Å². The van der Waals surface area contributed by atoms with E-state index in [9.17, 15) is 0 Å². The summed E-state index contributed by atoms with van der Waals surface area (Å²) in [6.45, 7) is 8.18. The quantitative estimate of drug-likeness (QED) is 0.641. The van der Waals surface area contributed by atoms with Gasteiger partial charge in [0, 0.05) is 32.7 Å².